The Morgan fingerprint density at radius 1 is 1.03 bits per heavy atom. The molecule has 0 aliphatic carbocycles. The van der Waals surface area contributed by atoms with Gasteiger partial charge in [0.15, 0.2) is 0 Å². The Hall–Kier alpha value is -2.75. The molecule has 0 unspecified atom stereocenters. The number of ketones is 1. The van der Waals surface area contributed by atoms with E-state index in [2.05, 4.69) is 0 Å². The number of esters is 1. The molecule has 0 aromatic carbocycles. The number of aliphatic hydroxyl groups is 3. The van der Waals surface area contributed by atoms with E-state index >= 15 is 0 Å². The molecule has 0 aromatic heterocycles. The number of Topliss-reactive ketones (excluding diaryl/α,β-unsaturated/α-hetero) is 1. The highest BCUT2D eigenvalue weighted by Gasteiger charge is 2.46. The monoisotopic (exact) mass is 822 g/mol. The van der Waals surface area contributed by atoms with E-state index in [1.165, 1.54) is 18.1 Å². The predicted octanol–water partition coefficient (Wildman–Crippen LogP) is 5.35. The lowest BCUT2D eigenvalue weighted by atomic mass is 9.77. The van der Waals surface area contributed by atoms with E-state index in [0.717, 1.165) is 5.57 Å². The van der Waals surface area contributed by atoms with Crippen molar-refractivity contribution in [2.75, 3.05) is 35.5 Å². The second-order valence-corrected chi connectivity index (χ2v) is 16.8. The number of allylic oxidation sites excluding steroid dienone is 2. The number of rotatable bonds is 16. The third kappa shape index (κ3) is 15.4. The van der Waals surface area contributed by atoms with Crippen molar-refractivity contribution in [3.8, 4) is 0 Å². The van der Waals surface area contributed by atoms with Gasteiger partial charge in [0.1, 0.15) is 17.5 Å². The van der Waals surface area contributed by atoms with Crippen molar-refractivity contribution in [3.05, 3.63) is 48.2 Å². The van der Waals surface area contributed by atoms with E-state index in [-0.39, 0.29) is 42.7 Å². The van der Waals surface area contributed by atoms with Crippen LogP contribution in [-0.2, 0) is 42.8 Å². The average Bonchev–Trinajstić information content (AvgIpc) is 3.20. The van der Waals surface area contributed by atoms with E-state index in [4.69, 9.17) is 28.4 Å². The maximum absolute atomic E-state index is 13.5. The van der Waals surface area contributed by atoms with Crippen molar-refractivity contribution in [1.82, 2.24) is 4.90 Å². The number of nitrogens with zero attached hydrogens (tertiary/aromatic N) is 1. The number of hydrogen-bond acceptors (Lipinski definition) is 12. The van der Waals surface area contributed by atoms with Gasteiger partial charge in [-0.15, -0.1) is 0 Å². The summed E-state index contributed by atoms with van der Waals surface area (Å²) in [6.07, 6.45) is 10.0. The van der Waals surface area contributed by atoms with Gasteiger partial charge in [0.05, 0.1) is 48.8 Å². The molecule has 58 heavy (non-hydrogen) atoms. The predicted molar refractivity (Wildman–Crippen MR) is 223 cm³/mol. The number of aliphatic hydroxyl groups excluding tert-OH is 2. The van der Waals surface area contributed by atoms with E-state index < -0.39 is 72.1 Å². The largest absolute Gasteiger partial charge is 0.458 e. The first-order chi connectivity index (χ1) is 27.3. The van der Waals surface area contributed by atoms with Crippen molar-refractivity contribution in [2.45, 2.75) is 154 Å². The highest BCUT2D eigenvalue weighted by molar-refractivity contribution is 5.82. The first-order valence-electron chi connectivity index (χ1n) is 20.8. The van der Waals surface area contributed by atoms with Crippen LogP contribution in [0.5, 0.6) is 0 Å². The molecule has 1 amide bonds. The number of carbonyl (C=O) groups excluding carboxylic acids is 3. The van der Waals surface area contributed by atoms with Gasteiger partial charge in [-0.2, -0.15) is 0 Å². The summed E-state index contributed by atoms with van der Waals surface area (Å²) in [7, 11) is 7.81. The number of amides is 1. The first kappa shape index (κ1) is 51.4. The van der Waals surface area contributed by atoms with Gasteiger partial charge in [-0.3, -0.25) is 9.59 Å². The van der Waals surface area contributed by atoms with Crippen LogP contribution < -0.4 is 0 Å². The number of carbonyl (C=O) groups is 3. The summed E-state index contributed by atoms with van der Waals surface area (Å²) >= 11 is 0. The van der Waals surface area contributed by atoms with Crippen LogP contribution >= 0.6 is 0 Å². The minimum Gasteiger partial charge on any atom is -0.458 e. The minimum atomic E-state index is -1.50. The fourth-order valence-electron chi connectivity index (χ4n) is 8.33. The van der Waals surface area contributed by atoms with Crippen LogP contribution in [-0.4, -0.2) is 134 Å². The highest BCUT2D eigenvalue weighted by atomic mass is 16.6. The van der Waals surface area contributed by atoms with Crippen molar-refractivity contribution in [1.29, 1.82) is 0 Å². The van der Waals surface area contributed by atoms with Crippen LogP contribution in [0, 0.1) is 29.6 Å². The van der Waals surface area contributed by atoms with Gasteiger partial charge in [-0.05, 0) is 39.0 Å². The highest BCUT2D eigenvalue weighted by Crippen LogP contribution is 2.35. The summed E-state index contributed by atoms with van der Waals surface area (Å²) in [6, 6.07) is 0. The lowest BCUT2D eigenvalue weighted by Crippen LogP contribution is -2.55. The van der Waals surface area contributed by atoms with Crippen molar-refractivity contribution < 1.29 is 58.1 Å². The first-order valence-corrected chi connectivity index (χ1v) is 20.8. The zero-order chi connectivity index (χ0) is 43.7. The Kier molecular flexibility index (Phi) is 22.3. The third-order valence-electron chi connectivity index (χ3n) is 12.3. The molecular weight excluding hydrogens is 746 g/mol. The molecule has 2 rings (SSSR count). The van der Waals surface area contributed by atoms with Gasteiger partial charge in [0.2, 0.25) is 6.41 Å². The molecule has 0 spiro atoms. The molecule has 13 nitrogen and oxygen atoms in total. The van der Waals surface area contributed by atoms with Crippen molar-refractivity contribution >= 4 is 18.2 Å². The normalized spacial score (nSPS) is 34.1. The Morgan fingerprint density at radius 3 is 2.29 bits per heavy atom. The van der Waals surface area contributed by atoms with E-state index in [0.29, 0.717) is 38.5 Å². The lowest BCUT2D eigenvalue weighted by molar-refractivity contribution is -0.184. The molecule has 3 N–H and O–H groups in total. The minimum absolute atomic E-state index is 0.0104. The van der Waals surface area contributed by atoms with Gasteiger partial charge in [-0.25, -0.2) is 4.79 Å². The molecule has 13 heteroatoms. The van der Waals surface area contributed by atoms with Gasteiger partial charge in [0, 0.05) is 97.1 Å². The van der Waals surface area contributed by atoms with Gasteiger partial charge in [0.25, 0.3) is 0 Å². The summed E-state index contributed by atoms with van der Waals surface area (Å²) in [5.74, 6) is -2.64. The smallest absolute Gasteiger partial charge is 0.331 e. The number of methoxy groups -OCH3 is 4. The van der Waals surface area contributed by atoms with Gasteiger partial charge < -0.3 is 48.6 Å². The molecule has 0 saturated carbocycles. The standard InChI is InChI=1S/C45H75NO12/c1-28-16-19-34(48)24-35-14-13-15-36(57-35)25-39(54-10)45(7,52)40(55-11)26-38(53-9)32(5)44(58-41(50)21-17-28)33(6)42(51)29(2)18-20-37(49)31(4)43(56-12)30(3)22-23-46(8)27-47/h13-14,16-17,21-23,27,29-36,38-40,42-44,48,51-52H,15,18-20,24-26H2,1-12H3/b21-17+,23-22+,28-16+/t29-,30+,31-,32-,33-,34-,35-,36-,38+,39-,40-,42-,43+,44-,45-/m0/s1. The molecule has 15 atom stereocenters. The van der Waals surface area contributed by atoms with Gasteiger partial charge in [-0.1, -0.05) is 70.6 Å². The number of ether oxygens (including phenoxy) is 6. The summed E-state index contributed by atoms with van der Waals surface area (Å²) in [5, 5.41) is 34.7. The third-order valence-corrected chi connectivity index (χ3v) is 12.3. The van der Waals surface area contributed by atoms with Crippen LogP contribution in [0.25, 0.3) is 0 Å². The molecule has 2 heterocycles. The van der Waals surface area contributed by atoms with Crippen LogP contribution in [0.2, 0.25) is 0 Å². The molecule has 332 valence electrons. The summed E-state index contributed by atoms with van der Waals surface area (Å²) in [4.78, 5) is 39.3. The van der Waals surface area contributed by atoms with Crippen LogP contribution in [0.3, 0.4) is 0 Å². The van der Waals surface area contributed by atoms with Crippen molar-refractivity contribution in [3.63, 3.8) is 0 Å². The molecule has 0 saturated heterocycles. The Balaban J connectivity index is 2.40. The SMILES string of the molecule is CO[C@H]([C@H](C)/C=C/N(C)C=O)[C@@H](C)C(=O)CC[C@H](C)[C@H](O)[C@H](C)[C@H]1OC(=O)/C=C/C(C)=C/C[C@H](O)C[C@@H]2C=CC[C@@H](C[C@H](OC)[C@](C)(O)[C@@H](OC)C[C@@H](OC)[C@@H]1C)O2. The zero-order valence-corrected chi connectivity index (χ0v) is 37.1. The summed E-state index contributed by atoms with van der Waals surface area (Å²) in [6.45, 7) is 12.9. The number of hydrogen-bond donors (Lipinski definition) is 3. The maximum atomic E-state index is 13.5. The van der Waals surface area contributed by atoms with Crippen LogP contribution in [0.1, 0.15) is 93.4 Å². The maximum Gasteiger partial charge on any atom is 0.331 e. The quantitative estimate of drug-likeness (QED) is 0.104. The van der Waals surface area contributed by atoms with Crippen LogP contribution in [0.4, 0.5) is 0 Å². The molecule has 0 aromatic rings. The molecule has 2 aliphatic heterocycles. The van der Waals surface area contributed by atoms with Crippen LogP contribution in [0.15, 0.2) is 48.2 Å². The Bertz CT molecular complexity index is 1380. The Morgan fingerprint density at radius 2 is 1.69 bits per heavy atom. The zero-order valence-electron chi connectivity index (χ0n) is 37.1. The number of fused-ring (bicyclic) bond motifs is 2. The Labute approximate surface area is 347 Å². The topological polar surface area (TPSA) is 171 Å². The molecule has 2 bridgehead atoms. The fraction of sp³-hybridized carbons (Fsp3) is 0.756. The summed E-state index contributed by atoms with van der Waals surface area (Å²) in [5.41, 5.74) is -0.728. The molecule has 0 fully saturated rings. The second-order valence-electron chi connectivity index (χ2n) is 16.8. The molecule has 2 aliphatic rings. The molecule has 0 radical (unpaired) electrons. The molecular formula is C45H75NO12. The van der Waals surface area contributed by atoms with E-state index in [1.54, 1.807) is 47.6 Å². The fourth-order valence-corrected chi connectivity index (χ4v) is 8.33. The van der Waals surface area contributed by atoms with E-state index in [1.807, 2.05) is 65.8 Å². The average molecular weight is 822 g/mol. The lowest BCUT2D eigenvalue weighted by Gasteiger charge is -2.42. The van der Waals surface area contributed by atoms with Crippen molar-refractivity contribution in [2.24, 2.45) is 29.6 Å². The number of cyclic esters (lactones) is 1. The van der Waals surface area contributed by atoms with E-state index in [9.17, 15) is 29.7 Å². The van der Waals surface area contributed by atoms with Gasteiger partial charge >= 0.3 is 5.97 Å². The second kappa shape index (κ2) is 25.1. The summed E-state index contributed by atoms with van der Waals surface area (Å²) < 4.78 is 36.1.